The number of nitrogens with zero attached hydrogens (tertiary/aromatic N) is 3. The highest BCUT2D eigenvalue weighted by Crippen LogP contribution is 2.27. The Labute approximate surface area is 192 Å². The fraction of sp³-hybridized carbons (Fsp3) is 0.667. The Balaban J connectivity index is 1.63. The monoisotopic (exact) mass is 445 g/mol. The van der Waals surface area contributed by atoms with E-state index >= 15 is 0 Å². The maximum atomic E-state index is 11.9. The largest absolute Gasteiger partial charge is 0.497 e. The lowest BCUT2D eigenvalue weighted by Gasteiger charge is -2.32. The van der Waals surface area contributed by atoms with Gasteiger partial charge in [0.15, 0.2) is 5.96 Å². The molecule has 0 bridgehead atoms. The number of carbonyl (C=O) groups excluding carboxylic acids is 1. The Morgan fingerprint density at radius 1 is 1.12 bits per heavy atom. The van der Waals surface area contributed by atoms with Gasteiger partial charge in [-0.25, -0.2) is 4.79 Å². The lowest BCUT2D eigenvalue weighted by Crippen LogP contribution is -2.50. The van der Waals surface area contributed by atoms with Crippen LogP contribution in [-0.4, -0.2) is 80.9 Å². The number of carbonyl (C=O) groups is 1. The minimum absolute atomic E-state index is 0.209. The first-order valence-corrected chi connectivity index (χ1v) is 12.0. The van der Waals surface area contributed by atoms with Crippen LogP contribution in [0.3, 0.4) is 0 Å². The topological polar surface area (TPSA) is 78.4 Å². The van der Waals surface area contributed by atoms with Gasteiger partial charge in [-0.15, -0.1) is 0 Å². The molecular formula is C24H39N5O3. The molecular weight excluding hydrogens is 406 g/mol. The standard InChI is InChI=1S/C24H39N5O3/c1-4-25-23(27-20-12-16-29(17-13-20)24(30)32-5-2)26-18-22(28-14-6-7-15-28)19-8-10-21(31-3)11-9-19/h8-11,20,22H,4-7,12-18H2,1-3H3,(H2,25,26,27). The van der Waals surface area contributed by atoms with Crippen molar-refractivity contribution in [1.29, 1.82) is 0 Å². The molecule has 1 aromatic carbocycles. The number of amides is 1. The predicted molar refractivity (Wildman–Crippen MR) is 127 cm³/mol. The van der Waals surface area contributed by atoms with Gasteiger partial charge >= 0.3 is 6.09 Å². The summed E-state index contributed by atoms with van der Waals surface area (Å²) >= 11 is 0. The Kier molecular flexibility index (Phi) is 9.46. The van der Waals surface area contributed by atoms with Gasteiger partial charge in [0.1, 0.15) is 5.75 Å². The molecule has 0 radical (unpaired) electrons. The van der Waals surface area contributed by atoms with Crippen molar-refractivity contribution in [3.63, 3.8) is 0 Å². The molecule has 8 nitrogen and oxygen atoms in total. The molecule has 8 heteroatoms. The number of hydrogen-bond donors (Lipinski definition) is 2. The molecule has 2 heterocycles. The van der Waals surface area contributed by atoms with E-state index in [-0.39, 0.29) is 12.1 Å². The second kappa shape index (κ2) is 12.5. The minimum atomic E-state index is -0.209. The average Bonchev–Trinajstić information content (AvgIpc) is 3.35. The molecule has 2 N–H and O–H groups in total. The van der Waals surface area contributed by atoms with E-state index < -0.39 is 0 Å². The van der Waals surface area contributed by atoms with Crippen LogP contribution < -0.4 is 15.4 Å². The summed E-state index contributed by atoms with van der Waals surface area (Å²) in [6, 6.07) is 8.92. The summed E-state index contributed by atoms with van der Waals surface area (Å²) in [6.07, 6.45) is 4.05. The summed E-state index contributed by atoms with van der Waals surface area (Å²) in [6.45, 7) is 9.49. The fourth-order valence-electron chi connectivity index (χ4n) is 4.42. The van der Waals surface area contributed by atoms with Crippen LogP contribution in [0, 0.1) is 0 Å². The molecule has 1 aromatic rings. The highest BCUT2D eigenvalue weighted by atomic mass is 16.6. The number of rotatable bonds is 8. The van der Waals surface area contributed by atoms with Gasteiger partial charge in [0, 0.05) is 25.7 Å². The third-order valence-corrected chi connectivity index (χ3v) is 6.21. The number of piperidine rings is 1. The third kappa shape index (κ3) is 6.76. The lowest BCUT2D eigenvalue weighted by molar-refractivity contribution is 0.0963. The highest BCUT2D eigenvalue weighted by Gasteiger charge is 2.26. The van der Waals surface area contributed by atoms with Crippen LogP contribution in [0.25, 0.3) is 0 Å². The van der Waals surface area contributed by atoms with E-state index in [9.17, 15) is 4.79 Å². The smallest absolute Gasteiger partial charge is 0.409 e. The number of methoxy groups -OCH3 is 1. The summed E-state index contributed by atoms with van der Waals surface area (Å²) < 4.78 is 10.5. The van der Waals surface area contributed by atoms with Gasteiger partial charge in [0.2, 0.25) is 0 Å². The van der Waals surface area contributed by atoms with E-state index in [2.05, 4.69) is 34.6 Å². The van der Waals surface area contributed by atoms with Crippen LogP contribution in [0.4, 0.5) is 4.79 Å². The quantitative estimate of drug-likeness (QED) is 0.473. The Bertz CT molecular complexity index is 726. The molecule has 1 atom stereocenters. The number of ether oxygens (including phenoxy) is 2. The molecule has 2 saturated heterocycles. The second-order valence-corrected chi connectivity index (χ2v) is 8.36. The summed E-state index contributed by atoms with van der Waals surface area (Å²) in [7, 11) is 1.70. The second-order valence-electron chi connectivity index (χ2n) is 8.36. The predicted octanol–water partition coefficient (Wildman–Crippen LogP) is 3.01. The van der Waals surface area contributed by atoms with E-state index in [1.807, 2.05) is 19.1 Å². The summed E-state index contributed by atoms with van der Waals surface area (Å²) in [5, 5.41) is 6.98. The van der Waals surface area contributed by atoms with Crippen LogP contribution in [0.15, 0.2) is 29.3 Å². The van der Waals surface area contributed by atoms with E-state index in [0.717, 1.165) is 44.2 Å². The van der Waals surface area contributed by atoms with Crippen molar-refractivity contribution in [3.05, 3.63) is 29.8 Å². The van der Waals surface area contributed by atoms with E-state index in [1.165, 1.54) is 18.4 Å². The minimum Gasteiger partial charge on any atom is -0.497 e. The van der Waals surface area contributed by atoms with E-state index in [4.69, 9.17) is 14.5 Å². The molecule has 1 amide bonds. The molecule has 0 saturated carbocycles. The van der Waals surface area contributed by atoms with Gasteiger partial charge in [-0.3, -0.25) is 9.89 Å². The summed E-state index contributed by atoms with van der Waals surface area (Å²) in [5.74, 6) is 1.72. The zero-order valence-electron chi connectivity index (χ0n) is 19.8. The zero-order chi connectivity index (χ0) is 22.8. The fourth-order valence-corrected chi connectivity index (χ4v) is 4.42. The van der Waals surface area contributed by atoms with E-state index in [0.29, 0.717) is 32.3 Å². The van der Waals surface area contributed by atoms with Crippen LogP contribution in [-0.2, 0) is 4.74 Å². The van der Waals surface area contributed by atoms with Crippen LogP contribution >= 0.6 is 0 Å². The third-order valence-electron chi connectivity index (χ3n) is 6.21. The molecule has 0 spiro atoms. The lowest BCUT2D eigenvalue weighted by atomic mass is 10.1. The molecule has 1 unspecified atom stereocenters. The van der Waals surface area contributed by atoms with Crippen molar-refractivity contribution in [2.45, 2.75) is 51.6 Å². The molecule has 2 fully saturated rings. The summed E-state index contributed by atoms with van der Waals surface area (Å²) in [5.41, 5.74) is 1.27. The van der Waals surface area contributed by atoms with Crippen molar-refractivity contribution in [2.24, 2.45) is 4.99 Å². The van der Waals surface area contributed by atoms with Gasteiger partial charge in [-0.2, -0.15) is 0 Å². The summed E-state index contributed by atoms with van der Waals surface area (Å²) in [4.78, 5) is 21.2. The normalized spacial score (nSPS) is 19.0. The molecule has 0 aromatic heterocycles. The van der Waals surface area contributed by atoms with Gasteiger partial charge in [0.05, 0.1) is 26.3 Å². The number of hydrogen-bond acceptors (Lipinski definition) is 5. The number of benzene rings is 1. The Hall–Kier alpha value is -2.48. The molecule has 0 aliphatic carbocycles. The first kappa shape index (κ1) is 24.2. The first-order valence-electron chi connectivity index (χ1n) is 12.0. The molecule has 178 valence electrons. The molecule has 2 aliphatic rings. The van der Waals surface area contributed by atoms with Gasteiger partial charge in [-0.1, -0.05) is 12.1 Å². The SMILES string of the molecule is CCNC(=NCC(c1ccc(OC)cc1)N1CCCC1)NC1CCN(C(=O)OCC)CC1. The highest BCUT2D eigenvalue weighted by molar-refractivity contribution is 5.80. The zero-order valence-corrected chi connectivity index (χ0v) is 19.8. The molecule has 32 heavy (non-hydrogen) atoms. The molecule has 2 aliphatic heterocycles. The van der Waals surface area contributed by atoms with Gasteiger partial charge in [-0.05, 0) is 70.3 Å². The maximum Gasteiger partial charge on any atom is 0.409 e. The van der Waals surface area contributed by atoms with Crippen molar-refractivity contribution in [2.75, 3.05) is 53.0 Å². The van der Waals surface area contributed by atoms with Crippen LogP contribution in [0.1, 0.15) is 51.1 Å². The van der Waals surface area contributed by atoms with Crippen molar-refractivity contribution >= 4 is 12.1 Å². The number of likely N-dealkylation sites (tertiary alicyclic amines) is 2. The van der Waals surface area contributed by atoms with E-state index in [1.54, 1.807) is 12.0 Å². The maximum absolute atomic E-state index is 11.9. The Morgan fingerprint density at radius 2 is 1.81 bits per heavy atom. The van der Waals surface area contributed by atoms with Gasteiger partial charge < -0.3 is 25.0 Å². The first-order chi connectivity index (χ1) is 15.6. The van der Waals surface area contributed by atoms with Gasteiger partial charge in [0.25, 0.3) is 0 Å². The van der Waals surface area contributed by atoms with Crippen molar-refractivity contribution < 1.29 is 14.3 Å². The number of aliphatic imine (C=N–C) groups is 1. The number of guanidine groups is 1. The Morgan fingerprint density at radius 3 is 2.41 bits per heavy atom. The average molecular weight is 446 g/mol. The van der Waals surface area contributed by atoms with Crippen molar-refractivity contribution in [1.82, 2.24) is 20.4 Å². The van der Waals surface area contributed by atoms with Crippen molar-refractivity contribution in [3.8, 4) is 5.75 Å². The molecule has 3 rings (SSSR count). The van der Waals surface area contributed by atoms with Crippen LogP contribution in [0.2, 0.25) is 0 Å². The number of nitrogens with one attached hydrogen (secondary N) is 2. The van der Waals surface area contributed by atoms with Crippen LogP contribution in [0.5, 0.6) is 5.75 Å².